The van der Waals surface area contributed by atoms with E-state index in [1.54, 1.807) is 0 Å². The molecule has 0 fully saturated rings. The molecule has 154 valence electrons. The zero-order chi connectivity index (χ0) is 20.8. The molecule has 3 heteroatoms. The summed E-state index contributed by atoms with van der Waals surface area (Å²) in [4.78, 5) is 4.43. The Morgan fingerprint density at radius 3 is 2.28 bits per heavy atom. The molecule has 2 aromatic carbocycles. The van der Waals surface area contributed by atoms with Gasteiger partial charge in [0.05, 0.1) is 11.4 Å². The molecule has 0 bridgehead atoms. The topological polar surface area (TPSA) is 18.5 Å². The molecule has 0 saturated heterocycles. The van der Waals surface area contributed by atoms with Crippen molar-refractivity contribution >= 4 is 11.4 Å². The molecule has 2 aliphatic rings. The maximum atomic E-state index is 3.31. The molecule has 0 radical (unpaired) electrons. The Bertz CT molecular complexity index is 866. The summed E-state index contributed by atoms with van der Waals surface area (Å²) < 4.78 is 0. The van der Waals surface area contributed by atoms with Crippen LogP contribution in [-0.4, -0.2) is 41.3 Å². The molecular weight excluding hydrogens is 354 g/mol. The average molecular weight is 390 g/mol. The third-order valence-electron chi connectivity index (χ3n) is 5.60. The zero-order valence-corrected chi connectivity index (χ0v) is 18.6. The Morgan fingerprint density at radius 2 is 1.62 bits per heavy atom. The fourth-order valence-corrected chi connectivity index (χ4v) is 4.16. The van der Waals surface area contributed by atoms with Crippen LogP contribution < -0.4 is 15.1 Å². The monoisotopic (exact) mass is 389 g/mol. The van der Waals surface area contributed by atoms with Crippen molar-refractivity contribution in [1.82, 2.24) is 5.32 Å². The molecule has 0 heterocycles. The molecule has 29 heavy (non-hydrogen) atoms. The fourth-order valence-electron chi connectivity index (χ4n) is 4.16. The number of nitrogens with zero attached hydrogens (tertiary/aromatic N) is 2. The van der Waals surface area contributed by atoms with Gasteiger partial charge in [0.2, 0.25) is 0 Å². The van der Waals surface area contributed by atoms with Crippen molar-refractivity contribution in [2.24, 2.45) is 5.92 Å². The van der Waals surface area contributed by atoms with E-state index in [9.17, 15) is 0 Å². The van der Waals surface area contributed by atoms with Crippen LogP contribution in [0.1, 0.15) is 24.5 Å². The second-order valence-electron chi connectivity index (χ2n) is 8.16. The quantitative estimate of drug-likeness (QED) is 0.591. The summed E-state index contributed by atoms with van der Waals surface area (Å²) in [5.74, 6) is 0.694. The number of hydrogen-bond donors (Lipinski definition) is 1. The van der Waals surface area contributed by atoms with Gasteiger partial charge in [0.1, 0.15) is 0 Å². The third-order valence-corrected chi connectivity index (χ3v) is 5.60. The van der Waals surface area contributed by atoms with Gasteiger partial charge in [-0.25, -0.2) is 0 Å². The van der Waals surface area contributed by atoms with Gasteiger partial charge in [-0.2, -0.15) is 0 Å². The lowest BCUT2D eigenvalue weighted by molar-refractivity contribution is 0.625. The third kappa shape index (κ3) is 4.91. The van der Waals surface area contributed by atoms with Gasteiger partial charge in [0.15, 0.2) is 0 Å². The minimum atomic E-state index is 0.694. The summed E-state index contributed by atoms with van der Waals surface area (Å²) in [7, 11) is 8.48. The number of rotatable bonds is 6. The summed E-state index contributed by atoms with van der Waals surface area (Å²) >= 11 is 0. The Morgan fingerprint density at radius 1 is 0.897 bits per heavy atom. The summed E-state index contributed by atoms with van der Waals surface area (Å²) in [5, 5.41) is 3.31. The second kappa shape index (κ2) is 9.80. The molecule has 0 aliphatic heterocycles. The lowest BCUT2D eigenvalue weighted by atomic mass is 10.0. The number of fused-ring (bicyclic) bond motifs is 3. The standard InChI is InChI=1S/C17H20N2.C9H15N/c1-18(2)16-10-9-14-13-8-6-5-7-12(13)11-15(14)17(16)19(3)4;1-2-10-8-7-9-5-3-4-6-9/h5-10H,11H2,1-4H3;3-6,9-10H,2,7-8H2,1H3. The molecular formula is C26H35N3. The predicted molar refractivity (Wildman–Crippen MR) is 128 cm³/mol. The van der Waals surface area contributed by atoms with E-state index in [1.807, 2.05) is 0 Å². The summed E-state index contributed by atoms with van der Waals surface area (Å²) in [6, 6.07) is 13.2. The fraction of sp³-hybridized carbons (Fsp3) is 0.385. The predicted octanol–water partition coefficient (Wildman–Crippen LogP) is 5.12. The highest BCUT2D eigenvalue weighted by molar-refractivity contribution is 5.88. The van der Waals surface area contributed by atoms with E-state index < -0.39 is 0 Å². The smallest absolute Gasteiger partial charge is 0.0640 e. The molecule has 0 amide bonds. The first-order valence-corrected chi connectivity index (χ1v) is 10.7. The number of anilines is 2. The zero-order valence-electron chi connectivity index (χ0n) is 18.6. The van der Waals surface area contributed by atoms with Gasteiger partial charge < -0.3 is 15.1 Å². The molecule has 2 aliphatic carbocycles. The van der Waals surface area contributed by atoms with Crippen molar-refractivity contribution in [3.63, 3.8) is 0 Å². The Hall–Kier alpha value is -2.52. The lowest BCUT2D eigenvalue weighted by Crippen LogP contribution is -2.18. The van der Waals surface area contributed by atoms with Crippen molar-refractivity contribution in [2.45, 2.75) is 19.8 Å². The van der Waals surface area contributed by atoms with Crippen LogP contribution in [0.5, 0.6) is 0 Å². The highest BCUT2D eigenvalue weighted by Gasteiger charge is 2.24. The first-order chi connectivity index (χ1) is 14.0. The van der Waals surface area contributed by atoms with Gasteiger partial charge in [-0.15, -0.1) is 0 Å². The van der Waals surface area contributed by atoms with Gasteiger partial charge in [0.25, 0.3) is 0 Å². The van der Waals surface area contributed by atoms with Crippen LogP contribution in [0.2, 0.25) is 0 Å². The maximum Gasteiger partial charge on any atom is 0.0640 e. The maximum absolute atomic E-state index is 3.31. The van der Waals surface area contributed by atoms with E-state index in [-0.39, 0.29) is 0 Å². The van der Waals surface area contributed by atoms with Crippen molar-refractivity contribution in [3.8, 4) is 11.1 Å². The normalized spacial score (nSPS) is 13.7. The molecule has 2 aromatic rings. The molecule has 1 N–H and O–H groups in total. The number of hydrogen-bond acceptors (Lipinski definition) is 3. The molecule has 0 spiro atoms. The van der Waals surface area contributed by atoms with Crippen molar-refractivity contribution < 1.29 is 0 Å². The van der Waals surface area contributed by atoms with Crippen LogP contribution in [0, 0.1) is 5.92 Å². The van der Waals surface area contributed by atoms with Crippen molar-refractivity contribution in [2.75, 3.05) is 51.1 Å². The van der Waals surface area contributed by atoms with E-state index in [4.69, 9.17) is 0 Å². The van der Waals surface area contributed by atoms with E-state index >= 15 is 0 Å². The summed E-state index contributed by atoms with van der Waals surface area (Å²) in [6.07, 6.45) is 11.0. The van der Waals surface area contributed by atoms with E-state index in [0.717, 1.165) is 19.5 Å². The summed E-state index contributed by atoms with van der Waals surface area (Å²) in [6.45, 7) is 4.36. The van der Waals surface area contributed by atoms with Crippen LogP contribution in [0.3, 0.4) is 0 Å². The molecule has 3 nitrogen and oxygen atoms in total. The Balaban J connectivity index is 0.000000204. The highest BCUT2D eigenvalue weighted by atomic mass is 15.1. The minimum absolute atomic E-state index is 0.694. The van der Waals surface area contributed by atoms with Crippen molar-refractivity contribution in [1.29, 1.82) is 0 Å². The SMILES string of the molecule is CCNCCC1C=CC=C1.CN(C)c1ccc2c(c1N(C)C)Cc1ccccc1-2. The van der Waals surface area contributed by atoms with Gasteiger partial charge in [0, 0.05) is 34.6 Å². The minimum Gasteiger partial charge on any atom is -0.376 e. The molecule has 4 rings (SSSR count). The van der Waals surface area contributed by atoms with Crippen LogP contribution in [0.4, 0.5) is 11.4 Å². The van der Waals surface area contributed by atoms with Crippen LogP contribution >= 0.6 is 0 Å². The highest BCUT2D eigenvalue weighted by Crippen LogP contribution is 2.44. The number of nitrogens with one attached hydrogen (secondary N) is 1. The average Bonchev–Trinajstić information content (AvgIpc) is 3.35. The molecule has 0 aromatic heterocycles. The Labute approximate surface area is 176 Å². The molecule has 0 saturated carbocycles. The molecule has 0 unspecified atom stereocenters. The van der Waals surface area contributed by atoms with E-state index in [1.165, 1.54) is 40.0 Å². The first-order valence-electron chi connectivity index (χ1n) is 10.7. The lowest BCUT2D eigenvalue weighted by Gasteiger charge is -2.25. The second-order valence-corrected chi connectivity index (χ2v) is 8.16. The Kier molecular flexibility index (Phi) is 7.16. The van der Waals surface area contributed by atoms with Gasteiger partial charge in [-0.3, -0.25) is 0 Å². The number of allylic oxidation sites excluding steroid dienone is 4. The largest absolute Gasteiger partial charge is 0.376 e. The first kappa shape index (κ1) is 21.2. The van der Waals surface area contributed by atoms with Crippen LogP contribution in [-0.2, 0) is 6.42 Å². The van der Waals surface area contributed by atoms with E-state index in [0.29, 0.717) is 5.92 Å². The summed E-state index contributed by atoms with van der Waals surface area (Å²) in [5.41, 5.74) is 8.32. The van der Waals surface area contributed by atoms with E-state index in [2.05, 4.69) is 111 Å². The molecule has 0 atom stereocenters. The van der Waals surface area contributed by atoms with Crippen molar-refractivity contribution in [3.05, 3.63) is 71.8 Å². The van der Waals surface area contributed by atoms with Gasteiger partial charge in [-0.1, -0.05) is 61.6 Å². The van der Waals surface area contributed by atoms with Gasteiger partial charge >= 0.3 is 0 Å². The van der Waals surface area contributed by atoms with Gasteiger partial charge in [-0.05, 0) is 53.7 Å². The van der Waals surface area contributed by atoms with Crippen LogP contribution in [0.25, 0.3) is 11.1 Å². The van der Waals surface area contributed by atoms with Crippen LogP contribution in [0.15, 0.2) is 60.7 Å². The number of benzene rings is 2.